The largest absolute Gasteiger partial charge is 0.246 e. The number of alkyl halides is 1. The third-order valence-electron chi connectivity index (χ3n) is 2.42. The molecule has 1 aromatic carbocycles. The first kappa shape index (κ1) is 11.8. The molecule has 1 aromatic heterocycles. The van der Waals surface area contributed by atoms with Gasteiger partial charge >= 0.3 is 0 Å². The number of thiazole rings is 1. The summed E-state index contributed by atoms with van der Waals surface area (Å²) in [6, 6.07) is 10.6. The summed E-state index contributed by atoms with van der Waals surface area (Å²) in [5, 5.41) is 4.41. The molecular weight excluding hydrogens is 282 g/mol. The first-order valence-electron chi connectivity index (χ1n) is 5.41. The highest BCUT2D eigenvalue weighted by Gasteiger charge is 2.01. The minimum absolute atomic E-state index is 0.995. The van der Waals surface area contributed by atoms with E-state index < -0.39 is 0 Å². The van der Waals surface area contributed by atoms with Crippen LogP contribution in [0, 0.1) is 0 Å². The van der Waals surface area contributed by atoms with Gasteiger partial charge in [0.1, 0.15) is 0 Å². The fourth-order valence-electron chi connectivity index (χ4n) is 1.57. The minimum Gasteiger partial charge on any atom is -0.246 e. The molecule has 0 unspecified atom stereocenters. The van der Waals surface area contributed by atoms with Crippen LogP contribution in [0.15, 0.2) is 35.7 Å². The van der Waals surface area contributed by atoms with E-state index in [1.807, 2.05) is 0 Å². The fraction of sp³-hybridized carbons (Fsp3) is 0.308. The van der Waals surface area contributed by atoms with Crippen molar-refractivity contribution in [3.05, 3.63) is 52.0 Å². The number of hydrogen-bond donors (Lipinski definition) is 0. The van der Waals surface area contributed by atoms with Crippen molar-refractivity contribution < 1.29 is 0 Å². The Labute approximate surface area is 109 Å². The normalized spacial score (nSPS) is 10.6. The second kappa shape index (κ2) is 6.16. The molecule has 16 heavy (non-hydrogen) atoms. The molecule has 0 amide bonds. The van der Waals surface area contributed by atoms with Crippen molar-refractivity contribution in [2.75, 3.05) is 5.33 Å². The van der Waals surface area contributed by atoms with Crippen molar-refractivity contribution in [1.82, 2.24) is 4.98 Å². The van der Waals surface area contributed by atoms with Crippen LogP contribution in [0.3, 0.4) is 0 Å². The molecule has 0 spiro atoms. The summed E-state index contributed by atoms with van der Waals surface area (Å²) in [6.07, 6.45) is 3.17. The molecule has 3 heteroatoms. The summed E-state index contributed by atoms with van der Waals surface area (Å²) in [5.41, 5.74) is 2.60. The number of benzene rings is 1. The van der Waals surface area contributed by atoms with Crippen LogP contribution in [0.25, 0.3) is 0 Å². The highest BCUT2D eigenvalue weighted by atomic mass is 79.9. The monoisotopic (exact) mass is 295 g/mol. The first-order valence-corrected chi connectivity index (χ1v) is 7.42. The van der Waals surface area contributed by atoms with Gasteiger partial charge < -0.3 is 0 Å². The van der Waals surface area contributed by atoms with E-state index in [1.54, 1.807) is 11.3 Å². The zero-order chi connectivity index (χ0) is 11.2. The smallest absolute Gasteiger partial charge is 0.0931 e. The van der Waals surface area contributed by atoms with Gasteiger partial charge in [-0.15, -0.1) is 11.3 Å². The summed E-state index contributed by atoms with van der Waals surface area (Å²) in [7, 11) is 0. The maximum atomic E-state index is 4.60. The molecule has 0 N–H and O–H groups in total. The Bertz CT molecular complexity index is 425. The average molecular weight is 296 g/mol. The second-order valence-electron chi connectivity index (χ2n) is 3.66. The predicted molar refractivity (Wildman–Crippen MR) is 73.5 cm³/mol. The lowest BCUT2D eigenvalue weighted by Crippen LogP contribution is -1.92. The molecule has 2 rings (SSSR count). The van der Waals surface area contributed by atoms with Gasteiger partial charge in [0.05, 0.1) is 10.7 Å². The van der Waals surface area contributed by atoms with Gasteiger partial charge in [-0.2, -0.15) is 0 Å². The number of hydrogen-bond acceptors (Lipinski definition) is 2. The lowest BCUT2D eigenvalue weighted by atomic mass is 10.1. The van der Waals surface area contributed by atoms with Crippen molar-refractivity contribution in [3.8, 4) is 0 Å². The summed E-state index contributed by atoms with van der Waals surface area (Å²) in [5.74, 6) is 0. The lowest BCUT2D eigenvalue weighted by molar-refractivity contribution is 0.925. The Morgan fingerprint density at radius 2 is 1.88 bits per heavy atom. The highest BCUT2D eigenvalue weighted by Crippen LogP contribution is 2.14. The Hall–Kier alpha value is -0.670. The number of aryl methyl sites for hydroxylation is 3. The predicted octanol–water partition coefficient (Wildman–Crippen LogP) is 3.87. The number of nitrogens with zero attached hydrogens (tertiary/aromatic N) is 1. The van der Waals surface area contributed by atoms with E-state index in [2.05, 4.69) is 56.6 Å². The molecule has 0 saturated heterocycles. The van der Waals surface area contributed by atoms with Gasteiger partial charge in [0.2, 0.25) is 0 Å². The van der Waals surface area contributed by atoms with Crippen molar-refractivity contribution in [2.45, 2.75) is 19.3 Å². The van der Waals surface area contributed by atoms with Crippen LogP contribution < -0.4 is 0 Å². The summed E-state index contributed by atoms with van der Waals surface area (Å²) in [6.45, 7) is 0. The van der Waals surface area contributed by atoms with Crippen molar-refractivity contribution in [1.29, 1.82) is 0 Å². The van der Waals surface area contributed by atoms with Gasteiger partial charge in [0.15, 0.2) is 0 Å². The Morgan fingerprint density at radius 1 is 1.06 bits per heavy atom. The van der Waals surface area contributed by atoms with Crippen molar-refractivity contribution in [2.24, 2.45) is 0 Å². The van der Waals surface area contributed by atoms with E-state index >= 15 is 0 Å². The highest BCUT2D eigenvalue weighted by molar-refractivity contribution is 9.09. The molecule has 0 radical (unpaired) electrons. The second-order valence-corrected chi connectivity index (χ2v) is 5.39. The lowest BCUT2D eigenvalue weighted by Gasteiger charge is -1.97. The van der Waals surface area contributed by atoms with E-state index in [0.717, 1.165) is 24.6 Å². The zero-order valence-corrected chi connectivity index (χ0v) is 11.4. The van der Waals surface area contributed by atoms with Crippen LogP contribution in [-0.2, 0) is 19.3 Å². The van der Waals surface area contributed by atoms with Crippen LogP contribution >= 0.6 is 27.3 Å². The molecule has 0 atom stereocenters. The number of rotatable bonds is 5. The summed E-state index contributed by atoms with van der Waals surface area (Å²) < 4.78 is 0. The van der Waals surface area contributed by atoms with Gasteiger partial charge in [-0.25, -0.2) is 4.98 Å². The van der Waals surface area contributed by atoms with Crippen LogP contribution in [0.1, 0.15) is 16.3 Å². The third-order valence-corrected chi connectivity index (χ3v) is 3.77. The molecule has 1 heterocycles. The van der Waals surface area contributed by atoms with Gasteiger partial charge in [0.25, 0.3) is 0 Å². The summed E-state index contributed by atoms with van der Waals surface area (Å²) in [4.78, 5) is 4.60. The molecular formula is C13H14BrNS. The molecule has 0 fully saturated rings. The van der Waals surface area contributed by atoms with E-state index in [-0.39, 0.29) is 0 Å². The van der Waals surface area contributed by atoms with Gasteiger partial charge in [-0.3, -0.25) is 0 Å². The zero-order valence-electron chi connectivity index (χ0n) is 9.03. The molecule has 2 aromatic rings. The third kappa shape index (κ3) is 3.42. The molecule has 1 nitrogen and oxygen atoms in total. The Morgan fingerprint density at radius 3 is 2.62 bits per heavy atom. The quantitative estimate of drug-likeness (QED) is 0.763. The van der Waals surface area contributed by atoms with Crippen LogP contribution in [0.5, 0.6) is 0 Å². The SMILES string of the molecule is BrCCc1csc(CCc2ccccc2)n1. The van der Waals surface area contributed by atoms with Crippen LogP contribution in [-0.4, -0.2) is 10.3 Å². The van der Waals surface area contributed by atoms with Gasteiger partial charge in [-0.05, 0) is 12.0 Å². The van der Waals surface area contributed by atoms with E-state index in [1.165, 1.54) is 16.3 Å². The molecule has 84 valence electrons. The Balaban J connectivity index is 1.89. The number of halogens is 1. The van der Waals surface area contributed by atoms with Crippen LogP contribution in [0.4, 0.5) is 0 Å². The van der Waals surface area contributed by atoms with Gasteiger partial charge in [-0.1, -0.05) is 46.3 Å². The minimum atomic E-state index is 0.995. The maximum absolute atomic E-state index is 4.60. The fourth-order valence-corrected chi connectivity index (χ4v) is 2.81. The van der Waals surface area contributed by atoms with E-state index in [4.69, 9.17) is 0 Å². The first-order chi connectivity index (χ1) is 7.88. The molecule has 0 bridgehead atoms. The standard InChI is InChI=1S/C13H14BrNS/c14-9-8-12-10-16-13(15-12)7-6-11-4-2-1-3-5-11/h1-5,10H,6-9H2. The molecule has 0 saturated carbocycles. The molecule has 0 aliphatic heterocycles. The maximum Gasteiger partial charge on any atom is 0.0931 e. The van der Waals surface area contributed by atoms with E-state index in [0.29, 0.717) is 0 Å². The van der Waals surface area contributed by atoms with Crippen LogP contribution in [0.2, 0.25) is 0 Å². The summed E-state index contributed by atoms with van der Waals surface area (Å²) >= 11 is 5.21. The molecule has 0 aliphatic carbocycles. The van der Waals surface area contributed by atoms with E-state index in [9.17, 15) is 0 Å². The van der Waals surface area contributed by atoms with Gasteiger partial charge in [0, 0.05) is 23.6 Å². The average Bonchev–Trinajstić information content (AvgIpc) is 2.76. The van der Waals surface area contributed by atoms with Crippen molar-refractivity contribution >= 4 is 27.3 Å². The van der Waals surface area contributed by atoms with Crippen molar-refractivity contribution in [3.63, 3.8) is 0 Å². The topological polar surface area (TPSA) is 12.9 Å². The number of aromatic nitrogens is 1. The molecule has 0 aliphatic rings. The Kier molecular flexibility index (Phi) is 4.55.